The van der Waals surface area contributed by atoms with Crippen LogP contribution in [0.15, 0.2) is 47.7 Å². The lowest BCUT2D eigenvalue weighted by molar-refractivity contribution is -0.137. The molecule has 0 spiro atoms. The van der Waals surface area contributed by atoms with Crippen LogP contribution < -0.4 is 5.43 Å². The molecule has 1 heterocycles. The number of pyridine rings is 1. The molecule has 1 aromatic carbocycles. The molecule has 0 saturated heterocycles. The van der Waals surface area contributed by atoms with Gasteiger partial charge in [0.25, 0.3) is 0 Å². The molecule has 0 bridgehead atoms. The number of nitrogens with one attached hydrogen (secondary N) is 1. The molecule has 2 aromatic rings. The van der Waals surface area contributed by atoms with Crippen LogP contribution in [0, 0.1) is 0 Å². The summed E-state index contributed by atoms with van der Waals surface area (Å²) in [7, 11) is 0. The largest absolute Gasteiger partial charge is 0.417 e. The standard InChI is InChI=1S/C14H11ClF3N3/c1-9(10-3-2-4-12(15)7-10)20-21-13-6-5-11(8-19-13)14(16,17)18/h2-8H,1H3,(H,19,21)/b20-9-. The summed E-state index contributed by atoms with van der Waals surface area (Å²) in [4.78, 5) is 3.66. The van der Waals surface area contributed by atoms with Gasteiger partial charge in [-0.05, 0) is 36.8 Å². The van der Waals surface area contributed by atoms with Gasteiger partial charge in [0.2, 0.25) is 0 Å². The Bertz CT molecular complexity index is 651. The first-order valence-corrected chi connectivity index (χ1v) is 6.33. The third-order valence-electron chi connectivity index (χ3n) is 2.67. The number of nitrogens with zero attached hydrogens (tertiary/aromatic N) is 2. The van der Waals surface area contributed by atoms with E-state index in [9.17, 15) is 13.2 Å². The van der Waals surface area contributed by atoms with Crippen molar-refractivity contribution in [2.45, 2.75) is 13.1 Å². The molecule has 110 valence electrons. The fraction of sp³-hybridized carbons (Fsp3) is 0.143. The summed E-state index contributed by atoms with van der Waals surface area (Å²) >= 11 is 5.87. The van der Waals surface area contributed by atoms with Gasteiger partial charge in [0.1, 0.15) is 5.82 Å². The fourth-order valence-corrected chi connectivity index (χ4v) is 1.74. The minimum Gasteiger partial charge on any atom is -0.261 e. The van der Waals surface area contributed by atoms with Crippen molar-refractivity contribution in [2.75, 3.05) is 5.43 Å². The summed E-state index contributed by atoms with van der Waals surface area (Å²) in [5, 5.41) is 4.64. The van der Waals surface area contributed by atoms with Crippen LogP contribution in [-0.2, 0) is 6.18 Å². The molecule has 2 rings (SSSR count). The van der Waals surface area contributed by atoms with Crippen molar-refractivity contribution in [3.05, 3.63) is 58.7 Å². The van der Waals surface area contributed by atoms with Crippen molar-refractivity contribution in [1.29, 1.82) is 0 Å². The first-order chi connectivity index (χ1) is 9.86. The van der Waals surface area contributed by atoms with Crippen molar-refractivity contribution >= 4 is 23.1 Å². The van der Waals surface area contributed by atoms with Gasteiger partial charge in [-0.25, -0.2) is 4.98 Å². The maximum Gasteiger partial charge on any atom is 0.417 e. The maximum atomic E-state index is 12.4. The predicted octanol–water partition coefficient (Wildman–Crippen LogP) is 4.59. The highest BCUT2D eigenvalue weighted by molar-refractivity contribution is 6.31. The van der Waals surface area contributed by atoms with Gasteiger partial charge in [-0.3, -0.25) is 5.43 Å². The Balaban J connectivity index is 2.10. The van der Waals surface area contributed by atoms with Crippen molar-refractivity contribution in [3.63, 3.8) is 0 Å². The topological polar surface area (TPSA) is 37.3 Å². The molecular formula is C14H11ClF3N3. The third-order valence-corrected chi connectivity index (χ3v) is 2.91. The van der Waals surface area contributed by atoms with E-state index in [4.69, 9.17) is 11.6 Å². The highest BCUT2D eigenvalue weighted by Gasteiger charge is 2.30. The van der Waals surface area contributed by atoms with E-state index in [1.165, 1.54) is 6.07 Å². The number of hydrogen-bond donors (Lipinski definition) is 1. The van der Waals surface area contributed by atoms with Crippen LogP contribution in [0.3, 0.4) is 0 Å². The number of rotatable bonds is 3. The molecule has 0 unspecified atom stereocenters. The van der Waals surface area contributed by atoms with Crippen molar-refractivity contribution in [3.8, 4) is 0 Å². The minimum absolute atomic E-state index is 0.226. The fourth-order valence-electron chi connectivity index (χ4n) is 1.55. The molecule has 3 nitrogen and oxygen atoms in total. The van der Waals surface area contributed by atoms with E-state index in [0.717, 1.165) is 17.8 Å². The highest BCUT2D eigenvalue weighted by Crippen LogP contribution is 2.28. The third kappa shape index (κ3) is 4.19. The Morgan fingerprint density at radius 3 is 2.57 bits per heavy atom. The summed E-state index contributed by atoms with van der Waals surface area (Å²) in [6.45, 7) is 1.75. The number of halogens is 4. The zero-order chi connectivity index (χ0) is 15.5. The Morgan fingerprint density at radius 2 is 2.00 bits per heavy atom. The van der Waals surface area contributed by atoms with Crippen LogP contribution in [0.1, 0.15) is 18.1 Å². The molecule has 0 aliphatic heterocycles. The van der Waals surface area contributed by atoms with E-state index in [2.05, 4.69) is 15.5 Å². The molecule has 7 heteroatoms. The van der Waals surface area contributed by atoms with Gasteiger partial charge in [-0.15, -0.1) is 0 Å². The maximum absolute atomic E-state index is 12.4. The van der Waals surface area contributed by atoms with Crippen LogP contribution in [-0.4, -0.2) is 10.7 Å². The molecule has 1 N–H and O–H groups in total. The summed E-state index contributed by atoms with van der Waals surface area (Å²) in [5.41, 5.74) is 3.25. The van der Waals surface area contributed by atoms with Crippen LogP contribution in [0.2, 0.25) is 5.02 Å². The number of aromatic nitrogens is 1. The Hall–Kier alpha value is -2.08. The molecular weight excluding hydrogens is 303 g/mol. The average Bonchev–Trinajstić information content (AvgIpc) is 2.44. The number of hydrogen-bond acceptors (Lipinski definition) is 3. The zero-order valence-corrected chi connectivity index (χ0v) is 11.7. The van der Waals surface area contributed by atoms with E-state index in [-0.39, 0.29) is 5.82 Å². The second-order valence-electron chi connectivity index (χ2n) is 4.25. The van der Waals surface area contributed by atoms with Gasteiger partial charge < -0.3 is 0 Å². The van der Waals surface area contributed by atoms with Gasteiger partial charge in [-0.1, -0.05) is 23.7 Å². The Labute approximate surface area is 124 Å². The summed E-state index contributed by atoms with van der Waals surface area (Å²) in [6, 6.07) is 9.25. The molecule has 0 radical (unpaired) electrons. The van der Waals surface area contributed by atoms with Crippen LogP contribution in [0.25, 0.3) is 0 Å². The second kappa shape index (κ2) is 6.13. The van der Waals surface area contributed by atoms with E-state index in [0.29, 0.717) is 10.7 Å². The lowest BCUT2D eigenvalue weighted by Gasteiger charge is -2.07. The summed E-state index contributed by atoms with van der Waals surface area (Å²) in [5.74, 6) is 0.226. The smallest absolute Gasteiger partial charge is 0.261 e. The van der Waals surface area contributed by atoms with Crippen molar-refractivity contribution < 1.29 is 13.2 Å². The normalized spacial score (nSPS) is 12.3. The minimum atomic E-state index is -4.40. The van der Waals surface area contributed by atoms with Gasteiger partial charge in [-0.2, -0.15) is 18.3 Å². The van der Waals surface area contributed by atoms with Gasteiger partial charge >= 0.3 is 6.18 Å². The molecule has 0 atom stereocenters. The number of benzene rings is 1. The van der Waals surface area contributed by atoms with Crippen LogP contribution in [0.4, 0.5) is 19.0 Å². The lowest BCUT2D eigenvalue weighted by Crippen LogP contribution is -2.06. The Kier molecular flexibility index (Phi) is 4.47. The van der Waals surface area contributed by atoms with Gasteiger partial charge in [0.05, 0.1) is 11.3 Å². The first kappa shape index (κ1) is 15.3. The van der Waals surface area contributed by atoms with E-state index in [1.807, 2.05) is 6.07 Å². The second-order valence-corrected chi connectivity index (χ2v) is 4.69. The molecule has 0 saturated carbocycles. The summed E-state index contributed by atoms with van der Waals surface area (Å²) in [6.07, 6.45) is -3.64. The summed E-state index contributed by atoms with van der Waals surface area (Å²) < 4.78 is 37.2. The molecule has 0 aliphatic carbocycles. The number of alkyl halides is 3. The number of anilines is 1. The molecule has 1 aromatic heterocycles. The van der Waals surface area contributed by atoms with Crippen molar-refractivity contribution in [2.24, 2.45) is 5.10 Å². The molecule has 0 amide bonds. The highest BCUT2D eigenvalue weighted by atomic mass is 35.5. The van der Waals surface area contributed by atoms with E-state index < -0.39 is 11.7 Å². The molecule has 21 heavy (non-hydrogen) atoms. The number of hydrazone groups is 1. The SMILES string of the molecule is C/C(=N/Nc1ccc(C(F)(F)F)cn1)c1cccc(Cl)c1. The Morgan fingerprint density at radius 1 is 1.24 bits per heavy atom. The average molecular weight is 314 g/mol. The van der Waals surface area contributed by atoms with Gasteiger partial charge in [0.15, 0.2) is 0 Å². The zero-order valence-electron chi connectivity index (χ0n) is 10.9. The van der Waals surface area contributed by atoms with E-state index in [1.54, 1.807) is 25.1 Å². The molecule has 0 fully saturated rings. The monoisotopic (exact) mass is 313 g/mol. The van der Waals surface area contributed by atoms with E-state index >= 15 is 0 Å². The van der Waals surface area contributed by atoms with Crippen LogP contribution >= 0.6 is 11.6 Å². The van der Waals surface area contributed by atoms with Crippen molar-refractivity contribution in [1.82, 2.24) is 4.98 Å². The molecule has 0 aliphatic rings. The van der Waals surface area contributed by atoms with Gasteiger partial charge in [0, 0.05) is 11.2 Å². The first-order valence-electron chi connectivity index (χ1n) is 5.96. The van der Waals surface area contributed by atoms with Crippen LogP contribution in [0.5, 0.6) is 0 Å². The predicted molar refractivity (Wildman–Crippen MR) is 76.5 cm³/mol. The quantitative estimate of drug-likeness (QED) is 0.664. The lowest BCUT2D eigenvalue weighted by atomic mass is 10.1.